The van der Waals surface area contributed by atoms with Gasteiger partial charge in [-0.05, 0) is 30.8 Å². The summed E-state index contributed by atoms with van der Waals surface area (Å²) in [6.07, 6.45) is 2.39. The molecule has 1 N–H and O–H groups in total. The second-order valence-corrected chi connectivity index (χ2v) is 5.50. The fourth-order valence-electron chi connectivity index (χ4n) is 2.25. The van der Waals surface area contributed by atoms with Crippen molar-refractivity contribution in [3.8, 4) is 0 Å². The average Bonchev–Trinajstić information content (AvgIpc) is 2.73. The molecule has 16 heavy (non-hydrogen) atoms. The Morgan fingerprint density at radius 3 is 3.12 bits per heavy atom. The third-order valence-electron chi connectivity index (χ3n) is 3.02. The second-order valence-electron chi connectivity index (χ2n) is 4.15. The van der Waals surface area contributed by atoms with Gasteiger partial charge in [0.1, 0.15) is 0 Å². The lowest BCUT2D eigenvalue weighted by Gasteiger charge is -2.30. The van der Waals surface area contributed by atoms with Crippen LogP contribution in [0.25, 0.3) is 0 Å². The third kappa shape index (κ3) is 2.77. The van der Waals surface area contributed by atoms with Gasteiger partial charge in [0.2, 0.25) is 0 Å². The minimum atomic E-state index is 0.359. The van der Waals surface area contributed by atoms with Gasteiger partial charge in [-0.25, -0.2) is 0 Å². The highest BCUT2D eigenvalue weighted by Gasteiger charge is 2.27. The van der Waals surface area contributed by atoms with Crippen LogP contribution in [0.4, 0.5) is 0 Å². The Balaban J connectivity index is 2.12. The number of thiophene rings is 1. The fourth-order valence-corrected chi connectivity index (χ4v) is 3.59. The lowest BCUT2D eigenvalue weighted by Crippen LogP contribution is -2.33. The standard InChI is InChI=1S/C12H18ClNOS/c1-2-14-11(9-4-3-6-15-8-9)12-10(13)5-7-16-12/h5,7,9,11,14H,2-4,6,8H2,1H3. The van der Waals surface area contributed by atoms with Crippen LogP contribution in [0.5, 0.6) is 0 Å². The molecule has 0 radical (unpaired) electrons. The van der Waals surface area contributed by atoms with Crippen molar-refractivity contribution in [3.63, 3.8) is 0 Å². The molecule has 0 amide bonds. The Kier molecular flexibility index (Phi) is 4.65. The van der Waals surface area contributed by atoms with Gasteiger partial charge >= 0.3 is 0 Å². The van der Waals surface area contributed by atoms with Crippen molar-refractivity contribution in [1.82, 2.24) is 5.32 Å². The molecule has 2 unspecified atom stereocenters. The van der Waals surface area contributed by atoms with Crippen LogP contribution in [-0.4, -0.2) is 19.8 Å². The van der Waals surface area contributed by atoms with E-state index in [2.05, 4.69) is 17.6 Å². The summed E-state index contributed by atoms with van der Waals surface area (Å²) in [5.74, 6) is 0.560. The van der Waals surface area contributed by atoms with Gasteiger partial charge < -0.3 is 10.1 Å². The van der Waals surface area contributed by atoms with Gasteiger partial charge in [-0.1, -0.05) is 18.5 Å². The minimum Gasteiger partial charge on any atom is -0.381 e. The summed E-state index contributed by atoms with van der Waals surface area (Å²) in [5.41, 5.74) is 0. The van der Waals surface area contributed by atoms with Crippen LogP contribution in [0, 0.1) is 5.92 Å². The van der Waals surface area contributed by atoms with Crippen LogP contribution in [0.15, 0.2) is 11.4 Å². The molecular formula is C12H18ClNOS. The average molecular weight is 260 g/mol. The van der Waals surface area contributed by atoms with Gasteiger partial charge in [0, 0.05) is 23.4 Å². The first-order valence-corrected chi connectivity index (χ1v) is 7.12. The molecule has 0 saturated carbocycles. The van der Waals surface area contributed by atoms with Gasteiger partial charge in [0.25, 0.3) is 0 Å². The number of rotatable bonds is 4. The van der Waals surface area contributed by atoms with E-state index in [0.29, 0.717) is 12.0 Å². The molecule has 2 rings (SSSR count). The molecular weight excluding hydrogens is 242 g/mol. The number of halogens is 1. The van der Waals surface area contributed by atoms with Crippen LogP contribution in [0.1, 0.15) is 30.7 Å². The number of hydrogen-bond acceptors (Lipinski definition) is 3. The highest BCUT2D eigenvalue weighted by Crippen LogP contribution is 2.36. The van der Waals surface area contributed by atoms with Crippen molar-refractivity contribution in [2.24, 2.45) is 5.92 Å². The first-order chi connectivity index (χ1) is 7.83. The second kappa shape index (κ2) is 6.01. The van der Waals surface area contributed by atoms with Crippen molar-refractivity contribution in [2.45, 2.75) is 25.8 Å². The maximum Gasteiger partial charge on any atom is 0.0561 e. The third-order valence-corrected chi connectivity index (χ3v) is 4.46. The van der Waals surface area contributed by atoms with E-state index >= 15 is 0 Å². The van der Waals surface area contributed by atoms with E-state index in [1.165, 1.54) is 11.3 Å². The molecule has 1 aliphatic rings. The van der Waals surface area contributed by atoms with Gasteiger partial charge in [-0.15, -0.1) is 11.3 Å². The quantitative estimate of drug-likeness (QED) is 0.894. The van der Waals surface area contributed by atoms with E-state index in [-0.39, 0.29) is 0 Å². The van der Waals surface area contributed by atoms with E-state index in [1.54, 1.807) is 11.3 Å². The zero-order valence-corrected chi connectivity index (χ0v) is 11.1. The monoisotopic (exact) mass is 259 g/mol. The van der Waals surface area contributed by atoms with Gasteiger partial charge in [0.05, 0.1) is 11.6 Å². The molecule has 0 aromatic carbocycles. The molecule has 2 nitrogen and oxygen atoms in total. The van der Waals surface area contributed by atoms with E-state index in [9.17, 15) is 0 Å². The molecule has 4 heteroatoms. The minimum absolute atomic E-state index is 0.359. The van der Waals surface area contributed by atoms with Crippen LogP contribution < -0.4 is 5.32 Å². The molecule has 0 spiro atoms. The summed E-state index contributed by atoms with van der Waals surface area (Å²) >= 11 is 7.96. The highest BCUT2D eigenvalue weighted by molar-refractivity contribution is 7.10. The van der Waals surface area contributed by atoms with Crippen molar-refractivity contribution in [1.29, 1.82) is 0 Å². The van der Waals surface area contributed by atoms with E-state index in [1.807, 2.05) is 6.07 Å². The zero-order valence-electron chi connectivity index (χ0n) is 9.54. The van der Waals surface area contributed by atoms with Gasteiger partial charge in [0.15, 0.2) is 0 Å². The summed E-state index contributed by atoms with van der Waals surface area (Å²) < 4.78 is 5.57. The Hall–Kier alpha value is -0.0900. The smallest absolute Gasteiger partial charge is 0.0561 e. The molecule has 0 bridgehead atoms. The summed E-state index contributed by atoms with van der Waals surface area (Å²) in [5, 5.41) is 6.49. The SMILES string of the molecule is CCNC(c1sccc1Cl)C1CCCOC1. The predicted octanol–water partition coefficient (Wildman–Crippen LogP) is 3.48. The first kappa shape index (κ1) is 12.4. The largest absolute Gasteiger partial charge is 0.381 e. The molecule has 2 heterocycles. The zero-order chi connectivity index (χ0) is 11.4. The maximum atomic E-state index is 6.22. The van der Waals surface area contributed by atoms with Crippen LogP contribution in [0.2, 0.25) is 5.02 Å². The lowest BCUT2D eigenvalue weighted by atomic mass is 9.92. The van der Waals surface area contributed by atoms with E-state index in [4.69, 9.17) is 16.3 Å². The van der Waals surface area contributed by atoms with E-state index < -0.39 is 0 Å². The summed E-state index contributed by atoms with van der Waals surface area (Å²) in [7, 11) is 0. The van der Waals surface area contributed by atoms with Crippen LogP contribution in [0.3, 0.4) is 0 Å². The predicted molar refractivity (Wildman–Crippen MR) is 69.3 cm³/mol. The molecule has 1 aromatic rings. The topological polar surface area (TPSA) is 21.3 Å². The van der Waals surface area contributed by atoms with Gasteiger partial charge in [-0.2, -0.15) is 0 Å². The van der Waals surface area contributed by atoms with E-state index in [0.717, 1.165) is 31.2 Å². The number of ether oxygens (including phenoxy) is 1. The Bertz CT molecular complexity index is 323. The molecule has 0 aliphatic carbocycles. The Morgan fingerprint density at radius 2 is 2.56 bits per heavy atom. The van der Waals surface area contributed by atoms with Crippen molar-refractivity contribution < 1.29 is 4.74 Å². The van der Waals surface area contributed by atoms with Crippen LogP contribution >= 0.6 is 22.9 Å². The summed E-state index contributed by atoms with van der Waals surface area (Å²) in [4.78, 5) is 1.26. The van der Waals surface area contributed by atoms with Crippen molar-refractivity contribution in [2.75, 3.05) is 19.8 Å². The van der Waals surface area contributed by atoms with Crippen molar-refractivity contribution >= 4 is 22.9 Å². The van der Waals surface area contributed by atoms with Crippen LogP contribution in [-0.2, 0) is 4.74 Å². The summed E-state index contributed by atoms with van der Waals surface area (Å²) in [6.45, 7) is 4.87. The van der Waals surface area contributed by atoms with Gasteiger partial charge in [-0.3, -0.25) is 0 Å². The first-order valence-electron chi connectivity index (χ1n) is 5.87. The molecule has 1 aliphatic heterocycles. The molecule has 1 saturated heterocycles. The van der Waals surface area contributed by atoms with Crippen molar-refractivity contribution in [3.05, 3.63) is 21.3 Å². The fraction of sp³-hybridized carbons (Fsp3) is 0.667. The Morgan fingerprint density at radius 1 is 1.69 bits per heavy atom. The molecule has 2 atom stereocenters. The molecule has 90 valence electrons. The number of nitrogens with one attached hydrogen (secondary N) is 1. The lowest BCUT2D eigenvalue weighted by molar-refractivity contribution is 0.0398. The normalized spacial score (nSPS) is 23.2. The molecule has 1 fully saturated rings. The maximum absolute atomic E-state index is 6.22. The highest BCUT2D eigenvalue weighted by atomic mass is 35.5. The summed E-state index contributed by atoms with van der Waals surface area (Å²) in [6, 6.07) is 2.34. The number of hydrogen-bond donors (Lipinski definition) is 1. The Labute approximate surface area is 106 Å². The molecule has 1 aromatic heterocycles.